The van der Waals surface area contributed by atoms with Crippen molar-refractivity contribution in [2.45, 2.75) is 46.4 Å². The number of ether oxygens (including phenoxy) is 4. The first-order chi connectivity index (χ1) is 22.4. The summed E-state index contributed by atoms with van der Waals surface area (Å²) in [4.78, 5) is 15.0. The van der Waals surface area contributed by atoms with Gasteiger partial charge in [-0.1, -0.05) is 24.3 Å². The van der Waals surface area contributed by atoms with Crippen LogP contribution in [0.2, 0.25) is 0 Å². The van der Waals surface area contributed by atoms with Crippen molar-refractivity contribution in [3.05, 3.63) is 100 Å². The second-order valence-corrected chi connectivity index (χ2v) is 10.6. The van der Waals surface area contributed by atoms with Crippen LogP contribution >= 0.6 is 0 Å². The first kappa shape index (κ1) is 33.4. The molecule has 0 atom stereocenters. The Morgan fingerprint density at radius 2 is 1.83 bits per heavy atom. The highest BCUT2D eigenvalue weighted by atomic mass is 16.6. The molecule has 0 unspecified atom stereocenters. The summed E-state index contributed by atoms with van der Waals surface area (Å²) >= 11 is 0. The lowest BCUT2D eigenvalue weighted by atomic mass is 9.96. The van der Waals surface area contributed by atoms with Crippen LogP contribution in [-0.4, -0.2) is 35.8 Å². The van der Waals surface area contributed by atoms with E-state index in [2.05, 4.69) is 48.3 Å². The van der Waals surface area contributed by atoms with Crippen LogP contribution in [0, 0.1) is 38.0 Å². The molecule has 0 radical (unpaired) electrons. The fourth-order valence-corrected chi connectivity index (χ4v) is 5.08. The van der Waals surface area contributed by atoms with E-state index in [9.17, 15) is 10.1 Å². The number of carboxylic acid groups (broad SMARTS) is 1. The second-order valence-electron chi connectivity index (χ2n) is 10.6. The first-order valence-corrected chi connectivity index (χ1v) is 14.9. The summed E-state index contributed by atoms with van der Waals surface area (Å²) < 4.78 is 24.0. The first-order valence-electron chi connectivity index (χ1n) is 14.9. The Kier molecular flexibility index (Phi) is 12.0. The minimum absolute atomic E-state index is 0.111. The molecule has 2 heterocycles. The van der Waals surface area contributed by atoms with E-state index in [4.69, 9.17) is 24.1 Å². The lowest BCUT2D eigenvalue weighted by molar-refractivity contribution is -0.137. The van der Waals surface area contributed by atoms with Crippen molar-refractivity contribution >= 4 is 5.97 Å². The molecule has 9 nitrogen and oxygen atoms in total. The van der Waals surface area contributed by atoms with Crippen molar-refractivity contribution in [1.29, 1.82) is 5.26 Å². The number of pyridine rings is 1. The molecule has 46 heavy (non-hydrogen) atoms. The monoisotopic (exact) mass is 619 g/mol. The van der Waals surface area contributed by atoms with Crippen molar-refractivity contribution < 1.29 is 28.8 Å². The van der Waals surface area contributed by atoms with Gasteiger partial charge in [-0.05, 0) is 78.9 Å². The van der Waals surface area contributed by atoms with Crippen LogP contribution in [-0.2, 0) is 24.6 Å². The van der Waals surface area contributed by atoms with Gasteiger partial charge in [-0.3, -0.25) is 9.78 Å². The molecule has 5 rings (SSSR count). The number of fused-ring (bicyclic) bond motifs is 1. The summed E-state index contributed by atoms with van der Waals surface area (Å²) in [5, 5.41) is 21.5. The van der Waals surface area contributed by atoms with Crippen LogP contribution in [0.25, 0.3) is 11.1 Å². The van der Waals surface area contributed by atoms with Gasteiger partial charge < -0.3 is 29.4 Å². The van der Waals surface area contributed by atoms with E-state index in [1.54, 1.807) is 12.3 Å². The Morgan fingerprint density at radius 3 is 2.61 bits per heavy atom. The molecule has 2 N–H and O–H groups in total. The number of carbonyl (C=O) groups is 1. The number of rotatable bonds is 13. The highest BCUT2D eigenvalue weighted by Crippen LogP contribution is 2.36. The van der Waals surface area contributed by atoms with Gasteiger partial charge in [0.2, 0.25) is 0 Å². The number of nitrogens with one attached hydrogen (secondary N) is 1. The van der Waals surface area contributed by atoms with Gasteiger partial charge >= 0.3 is 5.97 Å². The second kappa shape index (κ2) is 16.5. The SMILES string of the molecule is C#C.Cc1cc(OCc2cccc(-c3ccc4c(c3)OCCO4)c2C)cc(OCc2cncc(C#N)c2)c1CNCCCC(=O)O. The smallest absolute Gasteiger partial charge is 0.303 e. The van der Waals surface area contributed by atoms with Crippen LogP contribution in [0.15, 0.2) is 67.0 Å². The average Bonchev–Trinajstić information content (AvgIpc) is 3.08. The minimum Gasteiger partial charge on any atom is -0.489 e. The van der Waals surface area contributed by atoms with E-state index in [0.29, 0.717) is 56.4 Å². The number of aryl methyl sites for hydroxylation is 1. The highest BCUT2D eigenvalue weighted by Gasteiger charge is 2.16. The maximum absolute atomic E-state index is 10.9. The molecule has 1 aliphatic rings. The molecule has 0 saturated heterocycles. The van der Waals surface area contributed by atoms with Crippen molar-refractivity contribution in [3.8, 4) is 53.0 Å². The third-order valence-corrected chi connectivity index (χ3v) is 7.46. The van der Waals surface area contributed by atoms with Gasteiger partial charge in [-0.2, -0.15) is 5.26 Å². The summed E-state index contributed by atoms with van der Waals surface area (Å²) in [6.07, 6.45) is 11.8. The lowest BCUT2D eigenvalue weighted by Gasteiger charge is -2.20. The maximum Gasteiger partial charge on any atom is 0.303 e. The Labute approximate surface area is 269 Å². The molecule has 0 fully saturated rings. The van der Waals surface area contributed by atoms with Crippen LogP contribution in [0.3, 0.4) is 0 Å². The van der Waals surface area contributed by atoms with Gasteiger partial charge in [-0.15, -0.1) is 12.8 Å². The Hall–Kier alpha value is -5.51. The van der Waals surface area contributed by atoms with Gasteiger partial charge in [0, 0.05) is 42.6 Å². The van der Waals surface area contributed by atoms with Crippen LogP contribution < -0.4 is 24.3 Å². The van der Waals surface area contributed by atoms with Crippen molar-refractivity contribution in [1.82, 2.24) is 10.3 Å². The van der Waals surface area contributed by atoms with Gasteiger partial charge in [0.15, 0.2) is 11.5 Å². The summed E-state index contributed by atoms with van der Waals surface area (Å²) in [6, 6.07) is 19.9. The molecule has 4 aromatic rings. The van der Waals surface area contributed by atoms with Crippen molar-refractivity contribution in [3.63, 3.8) is 0 Å². The molecule has 1 aliphatic heterocycles. The third kappa shape index (κ3) is 8.78. The molecule has 0 aliphatic carbocycles. The fourth-order valence-electron chi connectivity index (χ4n) is 5.08. The maximum atomic E-state index is 10.9. The topological polar surface area (TPSA) is 123 Å². The fraction of sp³-hybridized carbons (Fsp3) is 0.270. The van der Waals surface area contributed by atoms with E-state index in [1.165, 1.54) is 6.20 Å². The number of terminal acetylenes is 1. The summed E-state index contributed by atoms with van der Waals surface area (Å²) in [6.45, 7) is 6.85. The number of aromatic nitrogens is 1. The zero-order valence-corrected chi connectivity index (χ0v) is 26.0. The summed E-state index contributed by atoms with van der Waals surface area (Å²) in [5.74, 6) is 2.02. The average molecular weight is 620 g/mol. The van der Waals surface area contributed by atoms with E-state index in [-0.39, 0.29) is 13.0 Å². The number of hydrogen-bond acceptors (Lipinski definition) is 8. The van der Waals surface area contributed by atoms with Gasteiger partial charge in [0.25, 0.3) is 0 Å². The molecular formula is C37H37N3O6. The zero-order chi connectivity index (χ0) is 32.9. The number of carboxylic acids is 1. The van der Waals surface area contributed by atoms with Crippen LogP contribution in [0.5, 0.6) is 23.0 Å². The van der Waals surface area contributed by atoms with Gasteiger partial charge in [-0.25, -0.2) is 0 Å². The zero-order valence-electron chi connectivity index (χ0n) is 26.0. The lowest BCUT2D eigenvalue weighted by Crippen LogP contribution is -2.17. The quantitative estimate of drug-likeness (QED) is 0.130. The Morgan fingerprint density at radius 1 is 1.02 bits per heavy atom. The molecular weight excluding hydrogens is 582 g/mol. The molecule has 9 heteroatoms. The van der Waals surface area contributed by atoms with Crippen LogP contribution in [0.1, 0.15) is 46.2 Å². The number of hydrogen-bond donors (Lipinski definition) is 2. The van der Waals surface area contributed by atoms with E-state index >= 15 is 0 Å². The van der Waals surface area contributed by atoms with E-state index < -0.39 is 5.97 Å². The number of aliphatic carboxylic acids is 1. The largest absolute Gasteiger partial charge is 0.489 e. The molecule has 0 bridgehead atoms. The molecule has 236 valence electrons. The van der Waals surface area contributed by atoms with E-state index in [0.717, 1.165) is 50.4 Å². The predicted molar refractivity (Wildman–Crippen MR) is 175 cm³/mol. The van der Waals surface area contributed by atoms with Gasteiger partial charge in [0.05, 0.1) is 5.56 Å². The van der Waals surface area contributed by atoms with E-state index in [1.807, 2.05) is 43.3 Å². The molecule has 0 spiro atoms. The number of nitriles is 1. The standard InChI is InChI=1S/C35H35N3O6.C2H2/c1-23-13-29(43-22-28-5-3-6-30(24(28)2)27-8-9-32-34(15-27)42-12-11-41-32)16-33(31(23)20-37-10-4-7-35(39)40)44-21-26-14-25(17-36)18-38-19-26;1-2/h3,5-6,8-9,13-16,18-19,37H,4,7,10-12,20-22H2,1-2H3,(H,39,40);1-2H. The Balaban J connectivity index is 0.00000235. The highest BCUT2D eigenvalue weighted by molar-refractivity contribution is 5.71. The van der Waals surface area contributed by atoms with Gasteiger partial charge in [0.1, 0.15) is 44.0 Å². The van der Waals surface area contributed by atoms with Crippen molar-refractivity contribution in [2.75, 3.05) is 19.8 Å². The number of nitrogens with zero attached hydrogens (tertiary/aromatic N) is 2. The normalized spacial score (nSPS) is 11.5. The molecule has 0 saturated carbocycles. The minimum atomic E-state index is -0.811. The molecule has 1 aromatic heterocycles. The van der Waals surface area contributed by atoms with Crippen molar-refractivity contribution in [2.24, 2.45) is 0 Å². The summed E-state index contributed by atoms with van der Waals surface area (Å²) in [7, 11) is 0. The van der Waals surface area contributed by atoms with Crippen LogP contribution in [0.4, 0.5) is 0 Å². The molecule has 0 amide bonds. The summed E-state index contributed by atoms with van der Waals surface area (Å²) in [5.41, 5.74) is 7.50. The number of benzene rings is 3. The molecule has 3 aromatic carbocycles. The predicted octanol–water partition coefficient (Wildman–Crippen LogP) is 6.37. The third-order valence-electron chi connectivity index (χ3n) is 7.46. The Bertz CT molecular complexity index is 1730.